The van der Waals surface area contributed by atoms with E-state index in [1.807, 2.05) is 6.92 Å². The lowest BCUT2D eigenvalue weighted by molar-refractivity contribution is 0.00920. The van der Waals surface area contributed by atoms with Crippen LogP contribution in [0.3, 0.4) is 0 Å². The summed E-state index contributed by atoms with van der Waals surface area (Å²) in [5.74, 6) is 1.46. The Balaban J connectivity index is 1.42. The van der Waals surface area contributed by atoms with Crippen LogP contribution in [-0.4, -0.2) is 54.1 Å². The molecule has 20 heavy (non-hydrogen) atoms. The van der Waals surface area contributed by atoms with Gasteiger partial charge in [0.1, 0.15) is 0 Å². The summed E-state index contributed by atoms with van der Waals surface area (Å²) in [6.45, 7) is 6.19. The van der Waals surface area contributed by atoms with E-state index in [4.69, 9.17) is 14.0 Å². The lowest BCUT2D eigenvalue weighted by Crippen LogP contribution is -2.29. The summed E-state index contributed by atoms with van der Waals surface area (Å²) in [6.07, 6.45) is 4.90. The van der Waals surface area contributed by atoms with Crippen LogP contribution < -0.4 is 0 Å². The number of nitrogens with zero attached hydrogens (tertiary/aromatic N) is 3. The molecule has 0 N–H and O–H groups in total. The van der Waals surface area contributed by atoms with Gasteiger partial charge in [0.25, 0.3) is 0 Å². The number of hydrogen-bond acceptors (Lipinski definition) is 6. The monoisotopic (exact) mass is 281 g/mol. The quantitative estimate of drug-likeness (QED) is 0.740. The highest BCUT2D eigenvalue weighted by Crippen LogP contribution is 2.29. The minimum absolute atomic E-state index is 0.291. The molecule has 2 atom stereocenters. The summed E-state index contributed by atoms with van der Waals surface area (Å²) in [5.41, 5.74) is 0. The molecule has 1 aromatic rings. The topological polar surface area (TPSA) is 60.6 Å². The van der Waals surface area contributed by atoms with Crippen LogP contribution in [0, 0.1) is 6.92 Å². The third kappa shape index (κ3) is 3.37. The van der Waals surface area contributed by atoms with Crippen LogP contribution in [0.25, 0.3) is 0 Å². The molecule has 2 aliphatic heterocycles. The lowest BCUT2D eigenvalue weighted by atomic mass is 10.2. The van der Waals surface area contributed by atoms with E-state index in [0.29, 0.717) is 18.0 Å². The number of aryl methyl sites for hydroxylation is 1. The number of hydrogen-bond donors (Lipinski definition) is 0. The Kier molecular flexibility index (Phi) is 4.65. The normalized spacial score (nSPS) is 27.4. The molecular weight excluding hydrogens is 258 g/mol. The summed E-state index contributed by atoms with van der Waals surface area (Å²) in [4.78, 5) is 6.74. The molecule has 0 unspecified atom stereocenters. The molecule has 0 amide bonds. The van der Waals surface area contributed by atoms with Crippen LogP contribution in [-0.2, 0) is 9.47 Å². The van der Waals surface area contributed by atoms with Crippen molar-refractivity contribution in [3.8, 4) is 0 Å². The van der Waals surface area contributed by atoms with Gasteiger partial charge < -0.3 is 14.0 Å². The van der Waals surface area contributed by atoms with Gasteiger partial charge in [-0.05, 0) is 32.2 Å². The average Bonchev–Trinajstić information content (AvgIpc) is 3.16. The van der Waals surface area contributed by atoms with Gasteiger partial charge in [0.15, 0.2) is 5.82 Å². The van der Waals surface area contributed by atoms with Gasteiger partial charge in [0.2, 0.25) is 5.89 Å². The van der Waals surface area contributed by atoms with Crippen molar-refractivity contribution in [1.82, 2.24) is 15.0 Å². The van der Waals surface area contributed by atoms with Crippen LogP contribution in [0.5, 0.6) is 0 Å². The van der Waals surface area contributed by atoms with Gasteiger partial charge in [0, 0.05) is 20.1 Å². The van der Waals surface area contributed by atoms with Crippen molar-refractivity contribution in [2.24, 2.45) is 0 Å². The SMILES string of the molecule is Cc1nc([C@H]2CCCN2CCOC[C@@H]2CCCO2)no1. The maximum atomic E-state index is 5.74. The number of likely N-dealkylation sites (tertiary alicyclic amines) is 1. The van der Waals surface area contributed by atoms with Crippen LogP contribution in [0.2, 0.25) is 0 Å². The molecule has 112 valence electrons. The van der Waals surface area contributed by atoms with Gasteiger partial charge in [-0.2, -0.15) is 4.98 Å². The van der Waals surface area contributed by atoms with Crippen molar-refractivity contribution in [3.63, 3.8) is 0 Å². The van der Waals surface area contributed by atoms with Gasteiger partial charge in [-0.25, -0.2) is 0 Å². The third-order valence-electron chi connectivity index (χ3n) is 4.06. The summed E-state index contributed by atoms with van der Waals surface area (Å²) in [6, 6.07) is 0.291. The van der Waals surface area contributed by atoms with Crippen molar-refractivity contribution < 1.29 is 14.0 Å². The molecule has 6 heteroatoms. The van der Waals surface area contributed by atoms with E-state index in [0.717, 1.165) is 51.6 Å². The molecule has 0 aliphatic carbocycles. The number of rotatable bonds is 6. The first-order valence-electron chi connectivity index (χ1n) is 7.56. The second-order valence-electron chi connectivity index (χ2n) is 5.58. The van der Waals surface area contributed by atoms with E-state index in [1.165, 1.54) is 12.8 Å². The minimum atomic E-state index is 0.291. The van der Waals surface area contributed by atoms with Crippen molar-refractivity contribution in [3.05, 3.63) is 11.7 Å². The van der Waals surface area contributed by atoms with Crippen LogP contribution >= 0.6 is 0 Å². The molecule has 0 spiro atoms. The summed E-state index contributed by atoms with van der Waals surface area (Å²) in [5, 5.41) is 4.05. The predicted octanol–water partition coefficient (Wildman–Crippen LogP) is 1.71. The zero-order valence-electron chi connectivity index (χ0n) is 12.1. The van der Waals surface area contributed by atoms with E-state index in [1.54, 1.807) is 0 Å². The fourth-order valence-corrected chi connectivity index (χ4v) is 3.01. The first-order chi connectivity index (χ1) is 9.83. The highest BCUT2D eigenvalue weighted by molar-refractivity contribution is 4.97. The Morgan fingerprint density at radius 1 is 1.35 bits per heavy atom. The van der Waals surface area contributed by atoms with Crippen molar-refractivity contribution in [1.29, 1.82) is 0 Å². The first kappa shape index (κ1) is 14.0. The maximum absolute atomic E-state index is 5.74. The predicted molar refractivity (Wildman–Crippen MR) is 72.4 cm³/mol. The van der Waals surface area contributed by atoms with Crippen LogP contribution in [0.4, 0.5) is 0 Å². The lowest BCUT2D eigenvalue weighted by Gasteiger charge is -2.22. The van der Waals surface area contributed by atoms with Gasteiger partial charge in [-0.15, -0.1) is 0 Å². The highest BCUT2D eigenvalue weighted by atomic mass is 16.5. The molecule has 6 nitrogen and oxygen atoms in total. The molecule has 0 aromatic carbocycles. The standard InChI is InChI=1S/C14H23N3O3/c1-11-15-14(16-20-11)13-5-2-6-17(13)7-9-18-10-12-4-3-8-19-12/h12-13H,2-10H2,1H3/t12-,13+/m0/s1. The van der Waals surface area contributed by atoms with E-state index in [9.17, 15) is 0 Å². The van der Waals surface area contributed by atoms with Crippen molar-refractivity contribution >= 4 is 0 Å². The zero-order valence-corrected chi connectivity index (χ0v) is 12.1. The van der Waals surface area contributed by atoms with Crippen molar-refractivity contribution in [2.45, 2.75) is 44.8 Å². The third-order valence-corrected chi connectivity index (χ3v) is 4.06. The summed E-state index contributed by atoms with van der Waals surface area (Å²) in [7, 11) is 0. The Hall–Kier alpha value is -0.980. The second-order valence-corrected chi connectivity index (χ2v) is 5.58. The molecule has 2 fully saturated rings. The molecule has 3 rings (SSSR count). The molecule has 0 saturated carbocycles. The van der Waals surface area contributed by atoms with E-state index < -0.39 is 0 Å². The van der Waals surface area contributed by atoms with E-state index in [-0.39, 0.29) is 0 Å². The molecule has 2 saturated heterocycles. The molecule has 2 aliphatic rings. The second kappa shape index (κ2) is 6.65. The largest absolute Gasteiger partial charge is 0.377 e. The average molecular weight is 281 g/mol. The summed E-state index contributed by atoms with van der Waals surface area (Å²) >= 11 is 0. The van der Waals surface area contributed by atoms with E-state index in [2.05, 4.69) is 15.0 Å². The van der Waals surface area contributed by atoms with Gasteiger partial charge >= 0.3 is 0 Å². The molecular formula is C14H23N3O3. The number of aromatic nitrogens is 2. The Bertz CT molecular complexity index is 418. The fraction of sp³-hybridized carbons (Fsp3) is 0.857. The highest BCUT2D eigenvalue weighted by Gasteiger charge is 2.29. The van der Waals surface area contributed by atoms with Crippen LogP contribution in [0.1, 0.15) is 43.4 Å². The van der Waals surface area contributed by atoms with E-state index >= 15 is 0 Å². The smallest absolute Gasteiger partial charge is 0.223 e. The molecule has 1 aromatic heterocycles. The first-order valence-corrected chi connectivity index (χ1v) is 7.56. The van der Waals surface area contributed by atoms with Crippen LogP contribution in [0.15, 0.2) is 4.52 Å². The summed E-state index contributed by atoms with van der Waals surface area (Å²) < 4.78 is 16.4. The maximum Gasteiger partial charge on any atom is 0.223 e. The fourth-order valence-electron chi connectivity index (χ4n) is 3.01. The van der Waals surface area contributed by atoms with Crippen molar-refractivity contribution in [2.75, 3.05) is 32.9 Å². The Morgan fingerprint density at radius 3 is 3.05 bits per heavy atom. The molecule has 3 heterocycles. The Morgan fingerprint density at radius 2 is 2.30 bits per heavy atom. The molecule has 0 bridgehead atoms. The zero-order chi connectivity index (χ0) is 13.8. The van der Waals surface area contributed by atoms with Gasteiger partial charge in [-0.1, -0.05) is 5.16 Å². The molecule has 0 radical (unpaired) electrons. The van der Waals surface area contributed by atoms with Gasteiger partial charge in [-0.3, -0.25) is 4.90 Å². The number of ether oxygens (including phenoxy) is 2. The Labute approximate surface area is 119 Å². The van der Waals surface area contributed by atoms with Gasteiger partial charge in [0.05, 0.1) is 25.4 Å². The minimum Gasteiger partial charge on any atom is -0.377 e.